The third kappa shape index (κ3) is 26.6. The van der Waals surface area contributed by atoms with Crippen LogP contribution in [0.1, 0.15) is 196 Å². The molecule has 0 spiro atoms. The number of aromatic nitrogens is 9. The van der Waals surface area contributed by atoms with Gasteiger partial charge in [0.1, 0.15) is 54.1 Å². The normalized spacial score (nSPS) is 27.5. The van der Waals surface area contributed by atoms with Crippen LogP contribution in [0.5, 0.6) is 0 Å². The molecule has 34 nitrogen and oxygen atoms in total. The number of nitrogen functional groups attached to an aromatic ring is 1. The zero-order valence-corrected chi connectivity index (χ0v) is 81.7. The first kappa shape index (κ1) is 104. The van der Waals surface area contributed by atoms with Crippen LogP contribution < -0.4 is 15.5 Å². The molecular weight excluding hydrogens is 1750 g/mol. The summed E-state index contributed by atoms with van der Waals surface area (Å²) in [6.07, 6.45) is 27.1. The van der Waals surface area contributed by atoms with E-state index in [-0.39, 0.29) is 67.0 Å². The number of aliphatic hydroxyl groups is 2. The van der Waals surface area contributed by atoms with Crippen LogP contribution in [0.25, 0.3) is 28.4 Å². The van der Waals surface area contributed by atoms with Crippen molar-refractivity contribution in [1.82, 2.24) is 64.3 Å². The molecule has 11 heterocycles. The second-order valence-corrected chi connectivity index (χ2v) is 38.0. The molecule has 137 heavy (non-hydrogen) atoms. The molecule has 6 aromatic rings. The van der Waals surface area contributed by atoms with Crippen molar-refractivity contribution >= 4 is 81.8 Å². The van der Waals surface area contributed by atoms with Crippen molar-refractivity contribution in [3.63, 3.8) is 0 Å². The van der Waals surface area contributed by atoms with Gasteiger partial charge in [-0.3, -0.25) is 43.4 Å². The molecule has 740 valence electrons. The number of carbonyl (C=O) groups excluding carboxylic acids is 8. The van der Waals surface area contributed by atoms with Crippen LogP contribution in [0.3, 0.4) is 0 Å². The number of Topliss-reactive ketones (excluding diaryl/α,β-unsaturated/α-hetero) is 3. The summed E-state index contributed by atoms with van der Waals surface area (Å²) >= 11 is 0. The van der Waals surface area contributed by atoms with E-state index < -0.39 is 95.9 Å². The van der Waals surface area contributed by atoms with Gasteiger partial charge in [0.15, 0.2) is 11.4 Å². The van der Waals surface area contributed by atoms with Gasteiger partial charge >= 0.3 is 11.9 Å². The van der Waals surface area contributed by atoms with Crippen LogP contribution in [0, 0.1) is 35.5 Å². The number of rotatable bonds is 24. The first-order valence-electron chi connectivity index (χ1n) is 49.0. The molecule has 15 atom stereocenters. The van der Waals surface area contributed by atoms with E-state index in [0.29, 0.717) is 171 Å². The largest absolute Gasteiger partial charge is 0.460 e. The standard InChI is InChI=1S/C67H101N5O16.C36H39N11O2/c1-12-85-33-27-58(74)70-29-31-71(32-30-70)66-68-40-50(41-69-66)23-26-59(75)86-54-25-22-49(37-57(54)83-10)36-45(5)56-39-53(73)44(4)35-47(7)61(77)62(84-11)60(76)46(6)34-42(2)18-14-13-15-19-43(3)55(82-9)38-51-24-21-48(8)67(81,88-51)63(78)64(79)72-28-17-16-20-52(72)65(80)87-56;1-2-49-15-14-44-10-12-45(13-11-44)36-39-19-29(20-40-36)35(48)46-9-8-25-16-24(6-7-27(25)22-46)21-47-34-31(33(37)41-23-42-34)32(43-47)28-17-26-4-3-5-30(26)38-18-28/h13-15,18-19,35,40-42,44-46,48-49,51-52,54-57,61-62,77,81H,12,16-17,20-34,36-39H2,1-11H3;3-4,6-7,16-20,23H,2,5,8-15,21-22H2,1H3,(H2,37,41,42)/b15-13+,18-14+,43-19+,47-35+;/t42-,44-,45-,46-,48-,49+,51+,52+,54-,55+,56+,57-,61-,62+,67-;/m1./s1. The van der Waals surface area contributed by atoms with Gasteiger partial charge in [0.05, 0.1) is 61.1 Å². The third-order valence-corrected chi connectivity index (χ3v) is 28.3. The minimum absolute atomic E-state index is 0.000775. The fourth-order valence-electron chi connectivity index (χ4n) is 19.9. The monoisotopic (exact) mass is 1890 g/mol. The molecule has 2 aliphatic carbocycles. The van der Waals surface area contributed by atoms with Crippen molar-refractivity contribution in [2.24, 2.45) is 35.5 Å². The average Bonchev–Trinajstić information content (AvgIpc) is 1.61. The maximum absolute atomic E-state index is 14.7. The van der Waals surface area contributed by atoms with Crippen LogP contribution in [-0.2, 0) is 104 Å². The lowest BCUT2D eigenvalue weighted by Gasteiger charge is -2.42. The number of hydrogen-bond acceptors (Lipinski definition) is 30. The van der Waals surface area contributed by atoms with Crippen molar-refractivity contribution in [3.8, 4) is 11.3 Å². The minimum Gasteiger partial charge on any atom is -0.460 e. The molecule has 2 bridgehead atoms. The maximum atomic E-state index is 14.7. The van der Waals surface area contributed by atoms with Crippen LogP contribution in [0.4, 0.5) is 17.7 Å². The Bertz CT molecular complexity index is 5300. The Kier molecular flexibility index (Phi) is 37.2. The number of amides is 3. The summed E-state index contributed by atoms with van der Waals surface area (Å²) in [5.74, 6) is -7.24. The highest BCUT2D eigenvalue weighted by atomic mass is 16.6. The van der Waals surface area contributed by atoms with E-state index in [0.717, 1.165) is 109 Å². The first-order chi connectivity index (χ1) is 66.0. The molecule has 5 aromatic heterocycles. The first-order valence-corrected chi connectivity index (χ1v) is 49.0. The number of allylic oxidation sites excluding steroid dienone is 7. The van der Waals surface area contributed by atoms with Crippen LogP contribution in [0.2, 0.25) is 0 Å². The summed E-state index contributed by atoms with van der Waals surface area (Å²) in [7, 11) is 4.52. The molecule has 14 rings (SSSR count). The Morgan fingerprint density at radius 2 is 1.44 bits per heavy atom. The summed E-state index contributed by atoms with van der Waals surface area (Å²) in [5.41, 5.74) is 16.8. The lowest BCUT2D eigenvalue weighted by Crippen LogP contribution is -2.61. The van der Waals surface area contributed by atoms with E-state index in [9.17, 15) is 48.6 Å². The predicted molar refractivity (Wildman–Crippen MR) is 516 cm³/mol. The lowest BCUT2D eigenvalue weighted by atomic mass is 9.78. The number of ether oxygens (including phenoxy) is 8. The summed E-state index contributed by atoms with van der Waals surface area (Å²) in [6.45, 7) is 27.6. The summed E-state index contributed by atoms with van der Waals surface area (Å²) in [4.78, 5) is 155. The van der Waals surface area contributed by atoms with Gasteiger partial charge in [-0.2, -0.15) is 5.10 Å². The predicted octanol–water partition coefficient (Wildman–Crippen LogP) is 10.5. The minimum atomic E-state index is -2.47. The van der Waals surface area contributed by atoms with E-state index in [2.05, 4.69) is 81.1 Å². The van der Waals surface area contributed by atoms with Gasteiger partial charge in [-0.25, -0.2) is 39.4 Å². The smallest absolute Gasteiger partial charge is 0.329 e. The number of carbonyl (C=O) groups is 8. The number of nitrogens with zero attached hydrogens (tertiary/aromatic N) is 15. The fraction of sp³-hybridized carbons (Fsp3) is 0.592. The number of methoxy groups -OCH3 is 3. The number of aryl methyl sites for hydroxylation is 1. The Morgan fingerprint density at radius 3 is 2.16 bits per heavy atom. The van der Waals surface area contributed by atoms with Gasteiger partial charge in [-0.15, -0.1) is 0 Å². The summed E-state index contributed by atoms with van der Waals surface area (Å²) in [5, 5.41) is 29.4. The van der Waals surface area contributed by atoms with Crippen LogP contribution >= 0.6 is 0 Å². The number of ketones is 3. The number of hydrogen-bond donors (Lipinski definition) is 3. The number of aliphatic hydroxyl groups excluding tert-OH is 1. The zero-order valence-electron chi connectivity index (χ0n) is 81.7. The Morgan fingerprint density at radius 1 is 0.708 bits per heavy atom. The lowest BCUT2D eigenvalue weighted by molar-refractivity contribution is -0.265. The highest BCUT2D eigenvalue weighted by Gasteiger charge is 2.54. The number of anilines is 3. The van der Waals surface area contributed by atoms with Crippen molar-refractivity contribution in [2.45, 2.75) is 239 Å². The van der Waals surface area contributed by atoms with E-state index >= 15 is 0 Å². The quantitative estimate of drug-likeness (QED) is 0.0219. The Hall–Kier alpha value is -10.8. The van der Waals surface area contributed by atoms with Crippen LogP contribution in [-0.4, -0.2) is 296 Å². The van der Waals surface area contributed by atoms with Gasteiger partial charge in [-0.1, -0.05) is 101 Å². The fourth-order valence-corrected chi connectivity index (χ4v) is 19.9. The molecule has 5 fully saturated rings. The van der Waals surface area contributed by atoms with Gasteiger partial charge in [0, 0.05) is 193 Å². The molecule has 0 radical (unpaired) electrons. The van der Waals surface area contributed by atoms with Crippen molar-refractivity contribution in [3.05, 3.63) is 154 Å². The molecule has 4 N–H and O–H groups in total. The number of piperidine rings is 1. The average molecular weight is 1890 g/mol. The molecule has 1 saturated carbocycles. The zero-order chi connectivity index (χ0) is 97.6. The van der Waals surface area contributed by atoms with Gasteiger partial charge < -0.3 is 78.3 Å². The highest BCUT2D eigenvalue weighted by molar-refractivity contribution is 6.39. The van der Waals surface area contributed by atoms with Crippen molar-refractivity contribution in [1.29, 1.82) is 0 Å². The molecule has 8 aliphatic rings. The maximum Gasteiger partial charge on any atom is 0.329 e. The second kappa shape index (κ2) is 49.1. The second-order valence-electron chi connectivity index (χ2n) is 38.0. The molecule has 3 amide bonds. The third-order valence-electron chi connectivity index (χ3n) is 28.3. The van der Waals surface area contributed by atoms with Crippen LogP contribution in [0.15, 0.2) is 115 Å². The number of fused-ring (bicyclic) bond motifs is 6. The Labute approximate surface area is 804 Å². The number of benzene rings is 1. The SMILES string of the molecule is CCOCCC(=O)N1CCN(c2ncc(CCC(=O)O[C@@H]3CC[C@@H](C[C@@H](C)[C@@H]4CC(=O)[C@H](C)/C=C(\C)[C@@H](O)[C@@H](OC)C(=O)[C@H](C)C[C@H](C)/C=C/C=C/C=C(\C)[C@@H](OC)C[C@@H]5CC[C@@H](C)[C@@](O)(O5)C(=O)C(=O)N5CCCC[C@H]5C(=O)O4)C[C@H]3OC)cn2)CC1.CCOCCN1CCN(c2ncc(C(=O)N3CCc4cc(Cn5nc(-c6cnc7c(c6)C=CC7)c6c(N)ncnc65)ccc4C3)cn2)CC1. The molecule has 4 saturated heterocycles. The molecular formula is C103H140N16O18. The summed E-state index contributed by atoms with van der Waals surface area (Å²) in [6, 6.07) is 7.33. The van der Waals surface area contributed by atoms with E-state index in [1.807, 2.05) is 97.5 Å². The van der Waals surface area contributed by atoms with Crippen molar-refractivity contribution in [2.75, 3.05) is 135 Å². The van der Waals surface area contributed by atoms with E-state index in [1.165, 1.54) is 23.9 Å². The number of cyclic esters (lactones) is 1. The molecule has 1 aromatic carbocycles. The molecule has 6 aliphatic heterocycles. The number of pyridine rings is 1. The number of nitrogens with two attached hydrogens (primary N) is 1. The summed E-state index contributed by atoms with van der Waals surface area (Å²) < 4.78 is 48.8. The highest BCUT2D eigenvalue weighted by Crippen LogP contribution is 2.40. The van der Waals surface area contributed by atoms with Crippen molar-refractivity contribution < 1.29 is 86.5 Å². The van der Waals surface area contributed by atoms with Gasteiger partial charge in [0.25, 0.3) is 17.6 Å². The van der Waals surface area contributed by atoms with E-state index in [4.69, 9.17) is 48.7 Å². The van der Waals surface area contributed by atoms with Gasteiger partial charge in [-0.05, 0) is 168 Å². The topological polar surface area (TPSA) is 404 Å². The Balaban J connectivity index is 0.000000270. The number of piperazine rings is 2. The molecule has 34 heteroatoms. The molecule has 0 unspecified atom stereocenters. The number of esters is 2. The van der Waals surface area contributed by atoms with E-state index in [1.54, 1.807) is 65.9 Å². The van der Waals surface area contributed by atoms with Gasteiger partial charge in [0.2, 0.25) is 23.6 Å².